The zero-order valence-corrected chi connectivity index (χ0v) is 12.9. The van der Waals surface area contributed by atoms with Gasteiger partial charge in [0, 0.05) is 6.04 Å². The second kappa shape index (κ2) is 6.55. The molecular formula is C15H17FN4O3. The van der Waals surface area contributed by atoms with Gasteiger partial charge in [-0.15, -0.1) is 5.10 Å². The van der Waals surface area contributed by atoms with Crippen molar-refractivity contribution in [3.63, 3.8) is 0 Å². The molecule has 2 rings (SSSR count). The zero-order valence-electron chi connectivity index (χ0n) is 12.9. The number of aryl methyl sites for hydroxylation is 1. The molecule has 23 heavy (non-hydrogen) atoms. The lowest BCUT2D eigenvalue weighted by Gasteiger charge is -2.16. The van der Waals surface area contributed by atoms with Crippen molar-refractivity contribution in [1.29, 1.82) is 0 Å². The Morgan fingerprint density at radius 3 is 2.43 bits per heavy atom. The maximum atomic E-state index is 13.0. The lowest BCUT2D eigenvalue weighted by molar-refractivity contribution is -0.141. The molecule has 122 valence electrons. The topological polar surface area (TPSA) is 97.1 Å². The Kier molecular flexibility index (Phi) is 4.73. The van der Waals surface area contributed by atoms with Gasteiger partial charge in [-0.2, -0.15) is 0 Å². The van der Waals surface area contributed by atoms with Crippen LogP contribution in [-0.4, -0.2) is 37.8 Å². The first-order chi connectivity index (χ1) is 10.8. The van der Waals surface area contributed by atoms with E-state index in [1.165, 1.54) is 35.9 Å². The van der Waals surface area contributed by atoms with E-state index < -0.39 is 23.8 Å². The quantitative estimate of drug-likeness (QED) is 0.871. The lowest BCUT2D eigenvalue weighted by Crippen LogP contribution is -2.40. The molecule has 0 radical (unpaired) electrons. The van der Waals surface area contributed by atoms with E-state index in [-0.39, 0.29) is 11.6 Å². The van der Waals surface area contributed by atoms with E-state index in [9.17, 15) is 14.0 Å². The molecule has 7 nitrogen and oxygen atoms in total. The average Bonchev–Trinajstić information content (AvgIpc) is 2.89. The third-order valence-electron chi connectivity index (χ3n) is 3.54. The van der Waals surface area contributed by atoms with E-state index in [1.54, 1.807) is 13.8 Å². The van der Waals surface area contributed by atoms with E-state index in [2.05, 4.69) is 15.4 Å². The SMILES string of the molecule is Cc1nc(C(=O)NC(C)C(C)C(=O)O)nn1-c1ccc(F)cc1. The van der Waals surface area contributed by atoms with Crippen LogP contribution in [-0.2, 0) is 4.79 Å². The number of nitrogens with zero attached hydrogens (tertiary/aromatic N) is 3. The van der Waals surface area contributed by atoms with Crippen molar-refractivity contribution < 1.29 is 19.1 Å². The van der Waals surface area contributed by atoms with Gasteiger partial charge < -0.3 is 10.4 Å². The van der Waals surface area contributed by atoms with Crippen LogP contribution in [0.3, 0.4) is 0 Å². The summed E-state index contributed by atoms with van der Waals surface area (Å²) in [7, 11) is 0. The summed E-state index contributed by atoms with van der Waals surface area (Å²) in [6.07, 6.45) is 0. The fraction of sp³-hybridized carbons (Fsp3) is 0.333. The smallest absolute Gasteiger partial charge is 0.308 e. The number of hydrogen-bond donors (Lipinski definition) is 2. The predicted molar refractivity (Wildman–Crippen MR) is 79.8 cm³/mol. The lowest BCUT2D eigenvalue weighted by atomic mass is 10.0. The normalized spacial score (nSPS) is 13.4. The minimum Gasteiger partial charge on any atom is -0.481 e. The Labute approximate surface area is 132 Å². The number of benzene rings is 1. The summed E-state index contributed by atoms with van der Waals surface area (Å²) in [5.74, 6) is -2.29. The summed E-state index contributed by atoms with van der Waals surface area (Å²) in [4.78, 5) is 27.1. The van der Waals surface area contributed by atoms with Crippen molar-refractivity contribution in [3.8, 4) is 5.69 Å². The summed E-state index contributed by atoms with van der Waals surface area (Å²) in [6, 6.07) is 5.04. The van der Waals surface area contributed by atoms with E-state index in [4.69, 9.17) is 5.11 Å². The number of carboxylic acids is 1. The fourth-order valence-corrected chi connectivity index (χ4v) is 1.92. The Hall–Kier alpha value is -2.77. The van der Waals surface area contributed by atoms with Gasteiger partial charge in [-0.1, -0.05) is 0 Å². The first-order valence-electron chi connectivity index (χ1n) is 7.03. The predicted octanol–water partition coefficient (Wildman–Crippen LogP) is 1.55. The van der Waals surface area contributed by atoms with Gasteiger partial charge in [0.05, 0.1) is 11.6 Å². The molecule has 0 saturated carbocycles. The number of amides is 1. The van der Waals surface area contributed by atoms with Crippen LogP contribution in [0.2, 0.25) is 0 Å². The first-order valence-corrected chi connectivity index (χ1v) is 7.03. The fourth-order valence-electron chi connectivity index (χ4n) is 1.92. The summed E-state index contributed by atoms with van der Waals surface area (Å²) < 4.78 is 14.4. The van der Waals surface area contributed by atoms with E-state index >= 15 is 0 Å². The van der Waals surface area contributed by atoms with Crippen molar-refractivity contribution in [3.05, 3.63) is 41.7 Å². The molecule has 2 N–H and O–H groups in total. The number of carbonyl (C=O) groups excluding carboxylic acids is 1. The van der Waals surface area contributed by atoms with Gasteiger partial charge in [-0.05, 0) is 45.0 Å². The van der Waals surface area contributed by atoms with Gasteiger partial charge in [-0.25, -0.2) is 14.1 Å². The largest absolute Gasteiger partial charge is 0.481 e. The second-order valence-corrected chi connectivity index (χ2v) is 5.26. The van der Waals surface area contributed by atoms with Crippen molar-refractivity contribution in [1.82, 2.24) is 20.1 Å². The third-order valence-corrected chi connectivity index (χ3v) is 3.54. The number of aromatic nitrogens is 3. The average molecular weight is 320 g/mol. The number of carboxylic acid groups (broad SMARTS) is 1. The number of nitrogens with one attached hydrogen (secondary N) is 1. The van der Waals surface area contributed by atoms with Crippen LogP contribution in [0.5, 0.6) is 0 Å². The molecule has 1 aromatic heterocycles. The monoisotopic (exact) mass is 320 g/mol. The highest BCUT2D eigenvalue weighted by Gasteiger charge is 2.23. The van der Waals surface area contributed by atoms with Crippen LogP contribution < -0.4 is 5.32 Å². The van der Waals surface area contributed by atoms with Crippen molar-refractivity contribution in [2.45, 2.75) is 26.8 Å². The maximum Gasteiger partial charge on any atom is 0.308 e. The van der Waals surface area contributed by atoms with E-state index in [0.29, 0.717) is 11.5 Å². The molecule has 0 aliphatic heterocycles. The van der Waals surface area contributed by atoms with Crippen LogP contribution in [0.1, 0.15) is 30.3 Å². The van der Waals surface area contributed by atoms with Gasteiger partial charge in [0.25, 0.3) is 5.91 Å². The van der Waals surface area contributed by atoms with Gasteiger partial charge >= 0.3 is 5.97 Å². The molecule has 1 aromatic carbocycles. The van der Waals surface area contributed by atoms with Crippen LogP contribution in [0.15, 0.2) is 24.3 Å². The van der Waals surface area contributed by atoms with E-state index in [1.807, 2.05) is 0 Å². The van der Waals surface area contributed by atoms with Gasteiger partial charge in [0.15, 0.2) is 0 Å². The standard InChI is InChI=1S/C15H17FN4O3/c1-8(15(22)23)9(2)17-14(21)13-18-10(3)20(19-13)12-6-4-11(16)5-7-12/h4-9H,1-3H3,(H,17,21)(H,22,23). The molecule has 2 unspecified atom stereocenters. The summed E-state index contributed by atoms with van der Waals surface area (Å²) in [6.45, 7) is 4.76. The molecule has 0 bridgehead atoms. The number of rotatable bonds is 5. The highest BCUT2D eigenvalue weighted by atomic mass is 19.1. The van der Waals surface area contributed by atoms with Crippen molar-refractivity contribution >= 4 is 11.9 Å². The summed E-state index contributed by atoms with van der Waals surface area (Å²) >= 11 is 0. The number of hydrogen-bond acceptors (Lipinski definition) is 4. The molecule has 1 amide bonds. The Morgan fingerprint density at radius 2 is 1.87 bits per heavy atom. The minimum absolute atomic E-state index is 0.0729. The second-order valence-electron chi connectivity index (χ2n) is 5.26. The molecule has 2 atom stereocenters. The molecule has 0 aliphatic carbocycles. The van der Waals surface area contributed by atoms with Crippen LogP contribution >= 0.6 is 0 Å². The Bertz CT molecular complexity index is 727. The Morgan fingerprint density at radius 1 is 1.26 bits per heavy atom. The van der Waals surface area contributed by atoms with Crippen molar-refractivity contribution in [2.75, 3.05) is 0 Å². The van der Waals surface area contributed by atoms with Crippen molar-refractivity contribution in [2.24, 2.45) is 5.92 Å². The molecule has 0 saturated heterocycles. The molecule has 0 fully saturated rings. The van der Waals surface area contributed by atoms with Gasteiger partial charge in [-0.3, -0.25) is 9.59 Å². The number of halogens is 1. The third kappa shape index (κ3) is 3.71. The highest BCUT2D eigenvalue weighted by Crippen LogP contribution is 2.11. The number of aliphatic carboxylic acids is 1. The molecule has 0 aliphatic rings. The zero-order chi connectivity index (χ0) is 17.1. The maximum absolute atomic E-state index is 13.0. The first kappa shape index (κ1) is 16.6. The molecule has 0 spiro atoms. The number of carbonyl (C=O) groups is 2. The highest BCUT2D eigenvalue weighted by molar-refractivity contribution is 5.91. The van der Waals surface area contributed by atoms with Crippen LogP contribution in [0.4, 0.5) is 4.39 Å². The van der Waals surface area contributed by atoms with Gasteiger partial charge in [0.1, 0.15) is 11.6 Å². The van der Waals surface area contributed by atoms with Gasteiger partial charge in [0.2, 0.25) is 5.82 Å². The molecular weight excluding hydrogens is 303 g/mol. The Balaban J connectivity index is 2.18. The molecule has 1 heterocycles. The minimum atomic E-state index is -1.00. The molecule has 8 heteroatoms. The summed E-state index contributed by atoms with van der Waals surface area (Å²) in [5, 5.41) is 15.6. The van der Waals surface area contributed by atoms with Crippen LogP contribution in [0, 0.1) is 18.7 Å². The van der Waals surface area contributed by atoms with Crippen LogP contribution in [0.25, 0.3) is 5.69 Å². The molecule has 2 aromatic rings. The summed E-state index contributed by atoms with van der Waals surface area (Å²) in [5.41, 5.74) is 0.572. The van der Waals surface area contributed by atoms with E-state index in [0.717, 1.165) is 0 Å².